The Hall–Kier alpha value is -3.01. The molecule has 194 valence electrons. The van der Waals surface area contributed by atoms with Crippen molar-refractivity contribution in [1.29, 1.82) is 0 Å². The van der Waals surface area contributed by atoms with Gasteiger partial charge in [-0.2, -0.15) is 0 Å². The summed E-state index contributed by atoms with van der Waals surface area (Å²) in [5.74, 6) is 0. The first-order valence-electron chi connectivity index (χ1n) is 12.6. The number of halogens is 1. The quantitative estimate of drug-likeness (QED) is 0.310. The highest BCUT2D eigenvalue weighted by atomic mass is 35.5. The first kappa shape index (κ1) is 25.3. The van der Waals surface area contributed by atoms with Gasteiger partial charge in [-0.3, -0.25) is 4.90 Å². The standard InChI is InChI=1S/C29H27ClN4O2S2/c30-21-12-14-23(15-13-21)38(35,36)32-27-24-10-4-6-20-7-5-11-25(26(20)24)28(27)33-16-18-34(19-17-33)29(37)31-22-8-2-1-3-9-22/h1-15,27-28,32H,16-19H2,(H,31,37)/t27-,28+/m0/s1. The van der Waals surface area contributed by atoms with Crippen molar-refractivity contribution >= 4 is 55.4 Å². The second-order valence-corrected chi connectivity index (χ2v) is 12.1. The van der Waals surface area contributed by atoms with Gasteiger partial charge >= 0.3 is 0 Å². The highest BCUT2D eigenvalue weighted by Gasteiger charge is 2.41. The van der Waals surface area contributed by atoms with Crippen molar-refractivity contribution in [3.63, 3.8) is 0 Å². The molecule has 0 amide bonds. The van der Waals surface area contributed by atoms with Crippen LogP contribution in [0.4, 0.5) is 5.69 Å². The molecule has 2 N–H and O–H groups in total. The molecule has 0 aromatic heterocycles. The third kappa shape index (κ3) is 4.79. The first-order chi connectivity index (χ1) is 18.4. The number of sulfonamides is 1. The fourth-order valence-corrected chi connectivity index (χ4v) is 7.21. The largest absolute Gasteiger partial charge is 0.346 e. The summed E-state index contributed by atoms with van der Waals surface area (Å²) in [6.07, 6.45) is 0. The zero-order chi connectivity index (χ0) is 26.3. The Labute approximate surface area is 233 Å². The van der Waals surface area contributed by atoms with E-state index in [0.29, 0.717) is 10.1 Å². The van der Waals surface area contributed by atoms with Crippen LogP contribution < -0.4 is 10.0 Å². The van der Waals surface area contributed by atoms with Gasteiger partial charge in [0, 0.05) is 36.9 Å². The third-order valence-corrected chi connectivity index (χ3v) is 9.43. The summed E-state index contributed by atoms with van der Waals surface area (Å²) in [4.78, 5) is 4.76. The molecule has 2 aliphatic rings. The fourth-order valence-electron chi connectivity index (χ4n) is 5.57. The number of nitrogens with zero attached hydrogens (tertiary/aromatic N) is 2. The van der Waals surface area contributed by atoms with Crippen molar-refractivity contribution in [1.82, 2.24) is 14.5 Å². The molecule has 0 spiro atoms. The number of nitrogens with one attached hydrogen (secondary N) is 2. The Morgan fingerprint density at radius 3 is 2.16 bits per heavy atom. The van der Waals surface area contributed by atoms with E-state index < -0.39 is 16.1 Å². The molecule has 0 bridgehead atoms. The van der Waals surface area contributed by atoms with Gasteiger partial charge in [-0.1, -0.05) is 66.2 Å². The van der Waals surface area contributed by atoms with Gasteiger partial charge in [0.2, 0.25) is 10.0 Å². The van der Waals surface area contributed by atoms with Crippen molar-refractivity contribution in [3.8, 4) is 0 Å². The van der Waals surface area contributed by atoms with Crippen LogP contribution in [0.3, 0.4) is 0 Å². The van der Waals surface area contributed by atoms with Crippen LogP contribution in [0.2, 0.25) is 5.02 Å². The molecule has 9 heteroatoms. The number of thiocarbonyl (C=S) groups is 1. The lowest BCUT2D eigenvalue weighted by Crippen LogP contribution is -2.52. The predicted molar refractivity (Wildman–Crippen MR) is 157 cm³/mol. The summed E-state index contributed by atoms with van der Waals surface area (Å²) in [6.45, 7) is 3.01. The van der Waals surface area contributed by atoms with Gasteiger partial charge in [0.25, 0.3) is 0 Å². The first-order valence-corrected chi connectivity index (χ1v) is 14.8. The Morgan fingerprint density at radius 1 is 0.816 bits per heavy atom. The van der Waals surface area contributed by atoms with Crippen molar-refractivity contribution in [2.75, 3.05) is 31.5 Å². The summed E-state index contributed by atoms with van der Waals surface area (Å²) < 4.78 is 30.1. The molecule has 1 saturated heterocycles. The van der Waals surface area contributed by atoms with E-state index in [1.165, 1.54) is 0 Å². The Morgan fingerprint density at radius 2 is 1.47 bits per heavy atom. The lowest BCUT2D eigenvalue weighted by atomic mass is 10.0. The molecule has 4 aromatic carbocycles. The van der Waals surface area contributed by atoms with E-state index in [-0.39, 0.29) is 10.9 Å². The van der Waals surface area contributed by atoms with Crippen LogP contribution in [0, 0.1) is 0 Å². The van der Waals surface area contributed by atoms with Crippen molar-refractivity contribution < 1.29 is 8.42 Å². The molecule has 4 aromatic rings. The summed E-state index contributed by atoms with van der Waals surface area (Å²) >= 11 is 11.7. The molecule has 0 unspecified atom stereocenters. The van der Waals surface area contributed by atoms with Crippen LogP contribution in [0.5, 0.6) is 0 Å². The second-order valence-electron chi connectivity index (χ2n) is 9.61. The highest BCUT2D eigenvalue weighted by Crippen LogP contribution is 2.47. The van der Waals surface area contributed by atoms with Gasteiger partial charge in [0.15, 0.2) is 5.11 Å². The summed E-state index contributed by atoms with van der Waals surface area (Å²) in [6, 6.07) is 28.1. The number of hydrogen-bond acceptors (Lipinski definition) is 4. The monoisotopic (exact) mass is 562 g/mol. The van der Waals surface area contributed by atoms with Crippen molar-refractivity contribution in [2.24, 2.45) is 0 Å². The van der Waals surface area contributed by atoms with Crippen LogP contribution in [0.15, 0.2) is 95.9 Å². The summed E-state index contributed by atoms with van der Waals surface area (Å²) in [5, 5.41) is 6.77. The molecule has 1 fully saturated rings. The van der Waals surface area contributed by atoms with Gasteiger partial charge in [-0.25, -0.2) is 13.1 Å². The van der Waals surface area contributed by atoms with E-state index in [1.54, 1.807) is 24.3 Å². The third-order valence-electron chi connectivity index (χ3n) is 7.36. The molecule has 38 heavy (non-hydrogen) atoms. The van der Waals surface area contributed by atoms with Gasteiger partial charge in [0.1, 0.15) is 0 Å². The van der Waals surface area contributed by atoms with E-state index >= 15 is 0 Å². The average molecular weight is 563 g/mol. The lowest BCUT2D eigenvalue weighted by molar-refractivity contribution is 0.117. The molecule has 0 radical (unpaired) electrons. The van der Waals surface area contributed by atoms with Crippen LogP contribution >= 0.6 is 23.8 Å². The summed E-state index contributed by atoms with van der Waals surface area (Å²) in [5.41, 5.74) is 3.12. The molecular formula is C29H27ClN4O2S2. The van der Waals surface area contributed by atoms with Crippen LogP contribution in [-0.2, 0) is 10.0 Å². The number of rotatable bonds is 5. The average Bonchev–Trinajstić information content (AvgIpc) is 3.24. The molecule has 0 saturated carbocycles. The maximum atomic E-state index is 13.5. The van der Waals surface area contributed by atoms with Gasteiger partial charge in [-0.05, 0) is 70.5 Å². The number of anilines is 1. The van der Waals surface area contributed by atoms with E-state index in [4.69, 9.17) is 23.8 Å². The number of para-hydroxylation sites is 1. The van der Waals surface area contributed by atoms with Crippen LogP contribution in [0.1, 0.15) is 23.2 Å². The molecule has 1 heterocycles. The topological polar surface area (TPSA) is 64.7 Å². The van der Waals surface area contributed by atoms with Gasteiger partial charge < -0.3 is 10.2 Å². The summed E-state index contributed by atoms with van der Waals surface area (Å²) in [7, 11) is -3.78. The van der Waals surface area contributed by atoms with Gasteiger partial charge in [0.05, 0.1) is 17.0 Å². The number of hydrogen-bond donors (Lipinski definition) is 2. The van der Waals surface area contributed by atoms with Crippen molar-refractivity contribution in [2.45, 2.75) is 17.0 Å². The fraction of sp³-hybridized carbons (Fsp3) is 0.207. The molecule has 1 aliphatic carbocycles. The minimum Gasteiger partial charge on any atom is -0.346 e. The minimum absolute atomic E-state index is 0.129. The SMILES string of the molecule is O=S(=O)(N[C@H]1c2cccc3cccc(c23)[C@H]1N1CCN(C(=S)Nc2ccccc2)CC1)c1ccc(Cl)cc1. The highest BCUT2D eigenvalue weighted by molar-refractivity contribution is 7.89. The van der Waals surface area contributed by atoms with Crippen LogP contribution in [-0.4, -0.2) is 49.5 Å². The molecule has 6 nitrogen and oxygen atoms in total. The number of piperazine rings is 1. The zero-order valence-electron chi connectivity index (χ0n) is 20.5. The zero-order valence-corrected chi connectivity index (χ0v) is 22.9. The smallest absolute Gasteiger partial charge is 0.241 e. The van der Waals surface area contributed by atoms with E-state index in [0.717, 1.165) is 53.8 Å². The maximum absolute atomic E-state index is 13.5. The normalized spacial score (nSPS) is 19.6. The Bertz CT molecular complexity index is 1580. The second kappa shape index (κ2) is 10.3. The van der Waals surface area contributed by atoms with Gasteiger partial charge in [-0.15, -0.1) is 0 Å². The van der Waals surface area contributed by atoms with Crippen LogP contribution in [0.25, 0.3) is 10.8 Å². The van der Waals surface area contributed by atoms with E-state index in [2.05, 4.69) is 44.1 Å². The Balaban J connectivity index is 1.27. The maximum Gasteiger partial charge on any atom is 0.241 e. The predicted octanol–water partition coefficient (Wildman–Crippen LogP) is 5.58. The van der Waals surface area contributed by atoms with E-state index in [1.807, 2.05) is 42.5 Å². The molecule has 1 aliphatic heterocycles. The molecule has 6 rings (SSSR count). The lowest BCUT2D eigenvalue weighted by Gasteiger charge is -2.41. The molecular weight excluding hydrogens is 536 g/mol. The Kier molecular flexibility index (Phi) is 6.84. The minimum atomic E-state index is -3.78. The van der Waals surface area contributed by atoms with E-state index in [9.17, 15) is 8.42 Å². The number of benzene rings is 4. The van der Waals surface area contributed by atoms with Crippen molar-refractivity contribution in [3.05, 3.63) is 107 Å². The molecule has 2 atom stereocenters.